The standard InChI is InChI=1S/C18H18Cl2N2O3/c19-13-4-3-12(15(20)11-13)10-17(23)21-14-5-7-22(8-6-14)18(24)16-2-1-9-25-16/h1-4,9,11,14H,5-8,10H2,(H,21,23). The fraction of sp³-hybridized carbons (Fsp3) is 0.333. The molecule has 1 aliphatic heterocycles. The smallest absolute Gasteiger partial charge is 0.289 e. The van der Waals surface area contributed by atoms with E-state index in [1.165, 1.54) is 6.26 Å². The van der Waals surface area contributed by atoms with Gasteiger partial charge in [0.05, 0.1) is 12.7 Å². The highest BCUT2D eigenvalue weighted by molar-refractivity contribution is 6.35. The van der Waals surface area contributed by atoms with E-state index in [-0.39, 0.29) is 24.3 Å². The van der Waals surface area contributed by atoms with Gasteiger partial charge in [0.15, 0.2) is 5.76 Å². The summed E-state index contributed by atoms with van der Waals surface area (Å²) < 4.78 is 5.14. The van der Waals surface area contributed by atoms with Crippen LogP contribution in [0.2, 0.25) is 10.0 Å². The van der Waals surface area contributed by atoms with Crippen molar-refractivity contribution in [1.82, 2.24) is 10.2 Å². The molecule has 2 aromatic rings. The molecule has 132 valence electrons. The van der Waals surface area contributed by atoms with Crippen molar-refractivity contribution in [2.75, 3.05) is 13.1 Å². The highest BCUT2D eigenvalue weighted by Gasteiger charge is 2.25. The number of nitrogens with zero attached hydrogens (tertiary/aromatic N) is 1. The van der Waals surface area contributed by atoms with Crippen molar-refractivity contribution in [1.29, 1.82) is 0 Å². The van der Waals surface area contributed by atoms with Crippen molar-refractivity contribution in [2.24, 2.45) is 0 Å². The Kier molecular flexibility index (Phi) is 5.66. The van der Waals surface area contributed by atoms with Crippen LogP contribution in [0.4, 0.5) is 0 Å². The van der Waals surface area contributed by atoms with Gasteiger partial charge in [-0.1, -0.05) is 29.3 Å². The quantitative estimate of drug-likeness (QED) is 0.881. The second-order valence-electron chi connectivity index (χ2n) is 6.02. The van der Waals surface area contributed by atoms with E-state index in [0.717, 1.165) is 5.56 Å². The number of carbonyl (C=O) groups excluding carboxylic acids is 2. The average Bonchev–Trinajstić information content (AvgIpc) is 3.12. The molecular formula is C18H18Cl2N2O3. The maximum Gasteiger partial charge on any atom is 0.289 e. The van der Waals surface area contributed by atoms with Crippen LogP contribution >= 0.6 is 23.2 Å². The third-order valence-corrected chi connectivity index (χ3v) is 4.83. The first kappa shape index (κ1) is 17.8. The van der Waals surface area contributed by atoms with Crippen LogP contribution in [-0.4, -0.2) is 35.8 Å². The van der Waals surface area contributed by atoms with Gasteiger partial charge in [-0.3, -0.25) is 9.59 Å². The van der Waals surface area contributed by atoms with Crippen molar-refractivity contribution < 1.29 is 14.0 Å². The summed E-state index contributed by atoms with van der Waals surface area (Å²) in [6, 6.07) is 8.52. The Labute approximate surface area is 155 Å². The topological polar surface area (TPSA) is 62.6 Å². The number of amides is 2. The zero-order chi connectivity index (χ0) is 17.8. The maximum atomic E-state index is 12.2. The minimum Gasteiger partial charge on any atom is -0.459 e. The summed E-state index contributed by atoms with van der Waals surface area (Å²) in [4.78, 5) is 26.2. The summed E-state index contributed by atoms with van der Waals surface area (Å²) in [6.07, 6.45) is 3.13. The number of benzene rings is 1. The van der Waals surface area contributed by atoms with E-state index in [9.17, 15) is 9.59 Å². The molecule has 0 radical (unpaired) electrons. The Morgan fingerprint density at radius 2 is 1.96 bits per heavy atom. The fourth-order valence-corrected chi connectivity index (χ4v) is 3.38. The van der Waals surface area contributed by atoms with E-state index in [1.54, 1.807) is 35.2 Å². The number of likely N-dealkylation sites (tertiary alicyclic amines) is 1. The number of furan rings is 1. The van der Waals surface area contributed by atoms with Gasteiger partial charge in [0, 0.05) is 29.2 Å². The molecule has 0 spiro atoms. The lowest BCUT2D eigenvalue weighted by Gasteiger charge is -2.31. The molecule has 0 atom stereocenters. The zero-order valence-corrected chi connectivity index (χ0v) is 15.0. The molecule has 0 aliphatic carbocycles. The van der Waals surface area contributed by atoms with Crippen LogP contribution in [0.25, 0.3) is 0 Å². The highest BCUT2D eigenvalue weighted by atomic mass is 35.5. The third-order valence-electron chi connectivity index (χ3n) is 4.25. The van der Waals surface area contributed by atoms with E-state index in [2.05, 4.69) is 5.32 Å². The number of rotatable bonds is 4. The SMILES string of the molecule is O=C(Cc1ccc(Cl)cc1Cl)NC1CCN(C(=O)c2ccco2)CC1. The average molecular weight is 381 g/mol. The van der Waals surface area contributed by atoms with Crippen LogP contribution in [0, 0.1) is 0 Å². The van der Waals surface area contributed by atoms with Crippen molar-refractivity contribution in [2.45, 2.75) is 25.3 Å². The Morgan fingerprint density at radius 3 is 2.60 bits per heavy atom. The van der Waals surface area contributed by atoms with Gasteiger partial charge >= 0.3 is 0 Å². The largest absolute Gasteiger partial charge is 0.459 e. The summed E-state index contributed by atoms with van der Waals surface area (Å²) in [5.41, 5.74) is 0.744. The number of carbonyl (C=O) groups is 2. The first-order valence-electron chi connectivity index (χ1n) is 8.09. The minimum atomic E-state index is -0.109. The number of nitrogens with one attached hydrogen (secondary N) is 1. The molecule has 1 N–H and O–H groups in total. The molecule has 25 heavy (non-hydrogen) atoms. The predicted octanol–water partition coefficient (Wildman–Crippen LogP) is 3.55. The van der Waals surface area contributed by atoms with E-state index in [0.29, 0.717) is 41.7 Å². The molecule has 0 bridgehead atoms. The van der Waals surface area contributed by atoms with Crippen LogP contribution in [0.3, 0.4) is 0 Å². The molecule has 7 heteroatoms. The number of piperidine rings is 1. The summed E-state index contributed by atoms with van der Waals surface area (Å²) in [6.45, 7) is 1.18. The van der Waals surface area contributed by atoms with Crippen molar-refractivity contribution in [3.05, 3.63) is 58.0 Å². The molecule has 0 unspecified atom stereocenters. The van der Waals surface area contributed by atoms with Gasteiger partial charge in [0.25, 0.3) is 5.91 Å². The number of hydrogen-bond acceptors (Lipinski definition) is 3. The summed E-state index contributed by atoms with van der Waals surface area (Å²) in [5.74, 6) is 0.155. The lowest BCUT2D eigenvalue weighted by Crippen LogP contribution is -2.46. The lowest BCUT2D eigenvalue weighted by molar-refractivity contribution is -0.121. The molecule has 5 nitrogen and oxygen atoms in total. The molecule has 2 amide bonds. The van der Waals surface area contributed by atoms with Gasteiger partial charge in [-0.25, -0.2) is 0 Å². The fourth-order valence-electron chi connectivity index (χ4n) is 2.90. The molecule has 1 fully saturated rings. The van der Waals surface area contributed by atoms with Crippen molar-refractivity contribution in [3.63, 3.8) is 0 Å². The van der Waals surface area contributed by atoms with Crippen molar-refractivity contribution in [3.8, 4) is 0 Å². The van der Waals surface area contributed by atoms with Crippen LogP contribution in [-0.2, 0) is 11.2 Å². The summed E-state index contributed by atoms with van der Waals surface area (Å²) in [5, 5.41) is 4.04. The van der Waals surface area contributed by atoms with Crippen LogP contribution in [0.5, 0.6) is 0 Å². The molecule has 1 saturated heterocycles. The predicted molar refractivity (Wildman–Crippen MR) is 95.9 cm³/mol. The lowest BCUT2D eigenvalue weighted by atomic mass is 10.0. The summed E-state index contributed by atoms with van der Waals surface area (Å²) in [7, 11) is 0. The Morgan fingerprint density at radius 1 is 1.20 bits per heavy atom. The third kappa shape index (κ3) is 4.55. The van der Waals surface area contributed by atoms with Gasteiger partial charge < -0.3 is 14.6 Å². The normalized spacial score (nSPS) is 15.2. The molecule has 1 aromatic heterocycles. The molecule has 0 saturated carbocycles. The second kappa shape index (κ2) is 7.93. The van der Waals surface area contributed by atoms with Gasteiger partial charge in [-0.2, -0.15) is 0 Å². The van der Waals surface area contributed by atoms with Gasteiger partial charge in [0.1, 0.15) is 0 Å². The first-order valence-corrected chi connectivity index (χ1v) is 8.84. The Bertz CT molecular complexity index is 754. The number of hydrogen-bond donors (Lipinski definition) is 1. The van der Waals surface area contributed by atoms with Crippen molar-refractivity contribution >= 4 is 35.0 Å². The molecule has 3 rings (SSSR count). The van der Waals surface area contributed by atoms with E-state index in [4.69, 9.17) is 27.6 Å². The molecular weight excluding hydrogens is 363 g/mol. The highest BCUT2D eigenvalue weighted by Crippen LogP contribution is 2.21. The Hall–Kier alpha value is -1.98. The first-order chi connectivity index (χ1) is 12.0. The molecule has 2 heterocycles. The molecule has 1 aromatic carbocycles. The van der Waals surface area contributed by atoms with Gasteiger partial charge in [-0.05, 0) is 42.7 Å². The molecule has 1 aliphatic rings. The van der Waals surface area contributed by atoms with Gasteiger partial charge in [-0.15, -0.1) is 0 Å². The van der Waals surface area contributed by atoms with Crippen LogP contribution in [0.1, 0.15) is 29.0 Å². The zero-order valence-electron chi connectivity index (χ0n) is 13.5. The summed E-state index contributed by atoms with van der Waals surface area (Å²) >= 11 is 12.0. The monoisotopic (exact) mass is 380 g/mol. The van der Waals surface area contributed by atoms with E-state index < -0.39 is 0 Å². The maximum absolute atomic E-state index is 12.2. The van der Waals surface area contributed by atoms with E-state index in [1.807, 2.05) is 0 Å². The minimum absolute atomic E-state index is 0.0548. The Balaban J connectivity index is 1.48. The second-order valence-corrected chi connectivity index (χ2v) is 6.87. The van der Waals surface area contributed by atoms with Crippen LogP contribution < -0.4 is 5.32 Å². The van der Waals surface area contributed by atoms with E-state index >= 15 is 0 Å². The number of halogens is 2. The van der Waals surface area contributed by atoms with Crippen LogP contribution in [0.15, 0.2) is 41.0 Å². The van der Waals surface area contributed by atoms with Gasteiger partial charge in [0.2, 0.25) is 5.91 Å².